The van der Waals surface area contributed by atoms with Gasteiger partial charge < -0.3 is 24.3 Å². The summed E-state index contributed by atoms with van der Waals surface area (Å²) in [6, 6.07) is 6.75. The van der Waals surface area contributed by atoms with Crippen molar-refractivity contribution in [2.75, 3.05) is 20.8 Å². The van der Waals surface area contributed by atoms with Crippen molar-refractivity contribution >= 4 is 28.0 Å². The zero-order valence-electron chi connectivity index (χ0n) is 21.3. The second-order valence-electron chi connectivity index (χ2n) is 10.5. The maximum atomic E-state index is 14.4. The van der Waals surface area contributed by atoms with Gasteiger partial charge in [-0.2, -0.15) is 5.10 Å². The first-order valence-corrected chi connectivity index (χ1v) is 12.3. The van der Waals surface area contributed by atoms with Gasteiger partial charge in [-0.3, -0.25) is 5.10 Å². The van der Waals surface area contributed by atoms with E-state index in [1.54, 1.807) is 25.4 Å². The number of carbonyl (C=O) groups is 1. The third-order valence-corrected chi connectivity index (χ3v) is 7.54. The number of hydrogen-bond donors (Lipinski definition) is 3. The average Bonchev–Trinajstić information content (AvgIpc) is 3.45. The molecule has 196 valence electrons. The Hall–Kier alpha value is -3.50. The van der Waals surface area contributed by atoms with Crippen molar-refractivity contribution in [2.45, 2.75) is 56.5 Å². The first kappa shape index (κ1) is 25.2. The lowest BCUT2D eigenvalue weighted by molar-refractivity contribution is -0.162. The first-order valence-electron chi connectivity index (χ1n) is 12.3. The van der Waals surface area contributed by atoms with Crippen LogP contribution in [0.15, 0.2) is 30.5 Å². The lowest BCUT2D eigenvalue weighted by atomic mass is 9.73. The molecule has 1 saturated carbocycles. The molecule has 9 nitrogen and oxygen atoms in total. The molecule has 37 heavy (non-hydrogen) atoms. The van der Waals surface area contributed by atoms with Gasteiger partial charge in [-0.05, 0) is 49.8 Å². The molecule has 1 aliphatic rings. The molecular weight excluding hydrogens is 479 g/mol. The van der Waals surface area contributed by atoms with Crippen LogP contribution in [0.2, 0.25) is 0 Å². The minimum Gasteiger partial charge on any atom is -0.494 e. The molecule has 5 rings (SSSR count). The summed E-state index contributed by atoms with van der Waals surface area (Å²) in [6.45, 7) is 4.56. The quantitative estimate of drug-likeness (QED) is 0.336. The van der Waals surface area contributed by atoms with Crippen LogP contribution in [0.5, 0.6) is 5.75 Å². The van der Waals surface area contributed by atoms with Crippen LogP contribution >= 0.6 is 0 Å². The van der Waals surface area contributed by atoms with Crippen molar-refractivity contribution in [2.24, 2.45) is 0 Å². The van der Waals surface area contributed by atoms with Crippen molar-refractivity contribution in [3.05, 3.63) is 47.5 Å². The molecule has 1 aliphatic carbocycles. The van der Waals surface area contributed by atoms with E-state index in [1.807, 2.05) is 6.07 Å². The van der Waals surface area contributed by atoms with Crippen LogP contribution in [0.25, 0.3) is 27.8 Å². The van der Waals surface area contributed by atoms with E-state index in [1.165, 1.54) is 13.2 Å². The number of benzene rings is 1. The van der Waals surface area contributed by atoms with E-state index in [4.69, 9.17) is 14.5 Å². The number of H-pyrrole nitrogens is 1. The van der Waals surface area contributed by atoms with Crippen molar-refractivity contribution in [1.82, 2.24) is 19.7 Å². The van der Waals surface area contributed by atoms with Gasteiger partial charge in [-0.15, -0.1) is 0 Å². The number of aromatic nitrogens is 4. The van der Waals surface area contributed by atoms with Crippen LogP contribution in [-0.4, -0.2) is 62.4 Å². The van der Waals surface area contributed by atoms with Gasteiger partial charge in [0.05, 0.1) is 30.9 Å². The number of carboxylic acids is 1. The molecule has 3 heterocycles. The maximum absolute atomic E-state index is 14.4. The zero-order valence-corrected chi connectivity index (χ0v) is 21.3. The van der Waals surface area contributed by atoms with Gasteiger partial charge in [0.15, 0.2) is 22.8 Å². The number of aromatic amines is 1. The van der Waals surface area contributed by atoms with Gasteiger partial charge in [0.25, 0.3) is 0 Å². The highest BCUT2D eigenvalue weighted by atomic mass is 19.1. The Morgan fingerprint density at radius 3 is 2.65 bits per heavy atom. The topological polar surface area (TPSA) is 122 Å². The Kier molecular flexibility index (Phi) is 6.19. The van der Waals surface area contributed by atoms with Gasteiger partial charge in [0.2, 0.25) is 0 Å². The Balaban J connectivity index is 1.82. The third kappa shape index (κ3) is 4.14. The Bertz CT molecular complexity index is 1480. The third-order valence-electron chi connectivity index (χ3n) is 7.54. The highest BCUT2D eigenvalue weighted by molar-refractivity contribution is 5.94. The molecule has 0 bridgehead atoms. The van der Waals surface area contributed by atoms with E-state index in [0.29, 0.717) is 30.8 Å². The standard InChI is InChI=1S/C27H31FN4O5/c1-26(2,14-36-3)23-21(15-7-9-27(35,10-8-15)25(33)34)22-19(11-16-13-29-31-24(16)30-22)32(23)17-5-6-18(28)20(12-17)37-4/h5-6,11-13,15,35H,7-10,14H2,1-4H3,(H,33,34)(H,29,30,31). The second kappa shape index (κ2) is 9.11. The Morgan fingerprint density at radius 2 is 2.00 bits per heavy atom. The van der Waals surface area contributed by atoms with Crippen molar-refractivity contribution in [3.63, 3.8) is 0 Å². The van der Waals surface area contributed by atoms with Crippen molar-refractivity contribution in [1.29, 1.82) is 0 Å². The molecule has 1 fully saturated rings. The SMILES string of the molecule is COCC(C)(C)c1c(C2CCC(O)(C(=O)O)CC2)c2nc3[nH]ncc3cc2n1-c1ccc(F)c(OC)c1. The summed E-state index contributed by atoms with van der Waals surface area (Å²) in [5, 5.41) is 28.1. The van der Waals surface area contributed by atoms with Crippen LogP contribution in [0, 0.1) is 5.82 Å². The van der Waals surface area contributed by atoms with E-state index >= 15 is 0 Å². The second-order valence-corrected chi connectivity index (χ2v) is 10.5. The minimum atomic E-state index is -1.73. The van der Waals surface area contributed by atoms with Crippen molar-refractivity contribution in [3.8, 4) is 11.4 Å². The normalized spacial score (nSPS) is 20.5. The molecule has 0 atom stereocenters. The lowest BCUT2D eigenvalue weighted by Gasteiger charge is -2.35. The Morgan fingerprint density at radius 1 is 1.27 bits per heavy atom. The van der Waals surface area contributed by atoms with Gasteiger partial charge in [0, 0.05) is 40.9 Å². The number of halogens is 1. The molecule has 0 radical (unpaired) electrons. The summed E-state index contributed by atoms with van der Waals surface area (Å²) in [5.74, 6) is -1.58. The number of fused-ring (bicyclic) bond motifs is 2. The molecule has 4 aromatic rings. The molecule has 1 aromatic carbocycles. The molecule has 10 heteroatoms. The zero-order chi connectivity index (χ0) is 26.5. The van der Waals surface area contributed by atoms with Crippen LogP contribution in [0.4, 0.5) is 4.39 Å². The fourth-order valence-electron chi connectivity index (χ4n) is 5.73. The first-order chi connectivity index (χ1) is 17.6. The number of carboxylic acid groups (broad SMARTS) is 1. The van der Waals surface area contributed by atoms with Gasteiger partial charge in [0.1, 0.15) is 0 Å². The molecule has 0 spiro atoms. The van der Waals surface area contributed by atoms with E-state index in [9.17, 15) is 19.4 Å². The van der Waals surface area contributed by atoms with E-state index in [-0.39, 0.29) is 24.5 Å². The summed E-state index contributed by atoms with van der Waals surface area (Å²) in [5.41, 5.74) is 2.60. The summed E-state index contributed by atoms with van der Waals surface area (Å²) in [7, 11) is 3.08. The number of hydrogen-bond acceptors (Lipinski definition) is 6. The lowest BCUT2D eigenvalue weighted by Crippen LogP contribution is -2.42. The van der Waals surface area contributed by atoms with Crippen LogP contribution in [0.3, 0.4) is 0 Å². The average molecular weight is 511 g/mol. The maximum Gasteiger partial charge on any atom is 0.335 e. The summed E-state index contributed by atoms with van der Waals surface area (Å²) in [4.78, 5) is 16.7. The number of pyridine rings is 1. The number of nitrogens with one attached hydrogen (secondary N) is 1. The van der Waals surface area contributed by atoms with E-state index in [2.05, 4.69) is 28.6 Å². The molecule has 0 saturated heterocycles. The highest BCUT2D eigenvalue weighted by Crippen LogP contribution is 2.47. The predicted molar refractivity (Wildman–Crippen MR) is 136 cm³/mol. The predicted octanol–water partition coefficient (Wildman–Crippen LogP) is 4.45. The number of methoxy groups -OCH3 is 2. The van der Waals surface area contributed by atoms with Crippen LogP contribution in [0.1, 0.15) is 56.7 Å². The molecule has 0 aliphatic heterocycles. The van der Waals surface area contributed by atoms with Crippen LogP contribution < -0.4 is 4.74 Å². The van der Waals surface area contributed by atoms with E-state index in [0.717, 1.165) is 27.7 Å². The number of aliphatic hydroxyl groups is 1. The van der Waals surface area contributed by atoms with Gasteiger partial charge in [-0.1, -0.05) is 13.8 Å². The number of rotatable bonds is 7. The summed E-state index contributed by atoms with van der Waals surface area (Å²) >= 11 is 0. The number of nitrogens with zero attached hydrogens (tertiary/aromatic N) is 3. The van der Waals surface area contributed by atoms with E-state index < -0.39 is 22.8 Å². The molecule has 0 amide bonds. The molecule has 3 aromatic heterocycles. The highest BCUT2D eigenvalue weighted by Gasteiger charge is 2.43. The molecule has 3 N–H and O–H groups in total. The minimum absolute atomic E-state index is 0.0512. The molecule has 0 unspecified atom stereocenters. The Labute approximate surface area is 213 Å². The smallest absolute Gasteiger partial charge is 0.335 e. The largest absolute Gasteiger partial charge is 0.494 e. The van der Waals surface area contributed by atoms with Gasteiger partial charge in [-0.25, -0.2) is 14.2 Å². The van der Waals surface area contributed by atoms with Crippen molar-refractivity contribution < 1.29 is 28.9 Å². The number of ether oxygens (including phenoxy) is 2. The van der Waals surface area contributed by atoms with Crippen LogP contribution in [-0.2, 0) is 14.9 Å². The fraction of sp³-hybridized carbons (Fsp3) is 0.444. The van der Waals surface area contributed by atoms with Gasteiger partial charge >= 0.3 is 5.97 Å². The number of aliphatic carboxylic acids is 1. The fourth-order valence-corrected chi connectivity index (χ4v) is 5.73. The summed E-state index contributed by atoms with van der Waals surface area (Å²) in [6.07, 6.45) is 2.94. The molecular formula is C27H31FN4O5. The summed E-state index contributed by atoms with van der Waals surface area (Å²) < 4.78 is 27.4. The monoisotopic (exact) mass is 510 g/mol.